The number of benzene rings is 2. The molecule has 2 rings (SSSR count). The van der Waals surface area contributed by atoms with Crippen molar-refractivity contribution in [2.24, 2.45) is 0 Å². The van der Waals surface area contributed by atoms with E-state index in [1.54, 1.807) is 24.3 Å². The van der Waals surface area contributed by atoms with Gasteiger partial charge in [-0.2, -0.15) is 0 Å². The molecule has 2 aromatic carbocycles. The van der Waals surface area contributed by atoms with Crippen LogP contribution in [0.2, 0.25) is 0 Å². The molecule has 0 saturated carbocycles. The number of hydrogen-bond donors (Lipinski definition) is 1. The zero-order valence-corrected chi connectivity index (χ0v) is 10.4. The summed E-state index contributed by atoms with van der Waals surface area (Å²) in [7, 11) is 0. The minimum atomic E-state index is -0.372. The largest absolute Gasteiger partial charge is 0.421 e. The van der Waals surface area contributed by atoms with Crippen LogP contribution in [0.1, 0.15) is 21.5 Å². The third-order valence-corrected chi connectivity index (χ3v) is 2.81. The van der Waals surface area contributed by atoms with E-state index in [2.05, 4.69) is 0 Å². The second-order valence-corrected chi connectivity index (χ2v) is 4.19. The second-order valence-electron chi connectivity index (χ2n) is 4.19. The Bertz CT molecular complexity index is 571. The van der Waals surface area contributed by atoms with Crippen LogP contribution >= 0.6 is 0 Å². The first-order valence-corrected chi connectivity index (χ1v) is 5.72. The van der Waals surface area contributed by atoms with Gasteiger partial charge >= 0.3 is 5.97 Å². The first-order chi connectivity index (χ1) is 8.59. The molecule has 0 unspecified atom stereocenters. The highest BCUT2D eigenvalue weighted by atomic mass is 16.5. The average molecular weight is 241 g/mol. The summed E-state index contributed by atoms with van der Waals surface area (Å²) in [4.78, 5) is 12.1. The fourth-order valence-electron chi connectivity index (χ4n) is 1.86. The highest BCUT2D eigenvalue weighted by Crippen LogP contribution is 2.22. The van der Waals surface area contributed by atoms with Crippen LogP contribution in [0.15, 0.2) is 42.5 Å². The number of carbonyl (C=O) groups excluding carboxylic acids is 1. The highest BCUT2D eigenvalue weighted by molar-refractivity contribution is 5.94. The summed E-state index contributed by atoms with van der Waals surface area (Å²) in [6.07, 6.45) is 0. The van der Waals surface area contributed by atoms with Crippen molar-refractivity contribution < 1.29 is 9.53 Å². The summed E-state index contributed by atoms with van der Waals surface area (Å²) >= 11 is 0. The molecule has 0 aliphatic rings. The zero-order chi connectivity index (χ0) is 13.1. The van der Waals surface area contributed by atoms with Crippen molar-refractivity contribution in [1.29, 1.82) is 0 Å². The maximum Gasteiger partial charge on any atom is 0.344 e. The van der Waals surface area contributed by atoms with E-state index in [1.165, 1.54) is 0 Å². The number of para-hydroxylation sites is 2. The molecular formula is C15H15NO2. The lowest BCUT2D eigenvalue weighted by Crippen LogP contribution is -2.13. The molecule has 0 aliphatic carbocycles. The molecule has 0 amide bonds. The topological polar surface area (TPSA) is 52.3 Å². The van der Waals surface area contributed by atoms with Crippen LogP contribution in [0.5, 0.6) is 5.75 Å². The van der Waals surface area contributed by atoms with Crippen LogP contribution < -0.4 is 10.5 Å². The first kappa shape index (κ1) is 12.2. The minimum Gasteiger partial charge on any atom is -0.421 e. The van der Waals surface area contributed by atoms with Gasteiger partial charge in [0.15, 0.2) is 5.75 Å². The number of hydrogen-bond acceptors (Lipinski definition) is 3. The van der Waals surface area contributed by atoms with Crippen LogP contribution in [0, 0.1) is 13.8 Å². The van der Waals surface area contributed by atoms with Crippen LogP contribution in [0.3, 0.4) is 0 Å². The molecule has 0 aliphatic heterocycles. The van der Waals surface area contributed by atoms with E-state index in [9.17, 15) is 4.79 Å². The molecule has 2 aromatic rings. The Labute approximate surface area is 106 Å². The Morgan fingerprint density at radius 3 is 2.22 bits per heavy atom. The van der Waals surface area contributed by atoms with E-state index in [0.717, 1.165) is 11.1 Å². The number of anilines is 1. The molecule has 18 heavy (non-hydrogen) atoms. The average Bonchev–Trinajstić information content (AvgIpc) is 2.32. The standard InChI is InChI=1S/C15H15NO2/c1-10-6-5-7-11(2)14(10)15(17)18-13-9-4-3-8-12(13)16/h3-9H,16H2,1-2H3. The fourth-order valence-corrected chi connectivity index (χ4v) is 1.86. The molecule has 0 aromatic heterocycles. The Balaban J connectivity index is 2.31. The lowest BCUT2D eigenvalue weighted by molar-refractivity contribution is 0.0734. The molecule has 92 valence electrons. The lowest BCUT2D eigenvalue weighted by atomic mass is 10.0. The number of carbonyl (C=O) groups is 1. The van der Waals surface area contributed by atoms with E-state index in [-0.39, 0.29) is 5.97 Å². The SMILES string of the molecule is Cc1cccc(C)c1C(=O)Oc1ccccc1N. The molecule has 0 spiro atoms. The van der Waals surface area contributed by atoms with E-state index in [0.29, 0.717) is 17.0 Å². The smallest absolute Gasteiger partial charge is 0.344 e. The predicted octanol–water partition coefficient (Wildman–Crippen LogP) is 3.10. The van der Waals surface area contributed by atoms with Gasteiger partial charge in [-0.3, -0.25) is 0 Å². The molecule has 2 N–H and O–H groups in total. The van der Waals surface area contributed by atoms with Crippen molar-refractivity contribution in [2.75, 3.05) is 5.73 Å². The van der Waals surface area contributed by atoms with Crippen LogP contribution in [-0.4, -0.2) is 5.97 Å². The summed E-state index contributed by atoms with van der Waals surface area (Å²) in [5, 5.41) is 0. The van der Waals surface area contributed by atoms with Crippen LogP contribution in [-0.2, 0) is 0 Å². The quantitative estimate of drug-likeness (QED) is 0.499. The van der Waals surface area contributed by atoms with E-state index >= 15 is 0 Å². The molecule has 0 saturated heterocycles. The summed E-state index contributed by atoms with van der Waals surface area (Å²) in [6.45, 7) is 3.77. The van der Waals surface area contributed by atoms with Gasteiger partial charge in [0.05, 0.1) is 11.3 Å². The maximum atomic E-state index is 12.1. The fraction of sp³-hybridized carbons (Fsp3) is 0.133. The van der Waals surface area contributed by atoms with Gasteiger partial charge in [-0.25, -0.2) is 4.79 Å². The normalized spacial score (nSPS) is 10.1. The third-order valence-electron chi connectivity index (χ3n) is 2.81. The minimum absolute atomic E-state index is 0.372. The number of ether oxygens (including phenoxy) is 1. The van der Waals surface area contributed by atoms with Crippen molar-refractivity contribution in [1.82, 2.24) is 0 Å². The molecule has 0 atom stereocenters. The number of esters is 1. The second kappa shape index (κ2) is 4.92. The highest BCUT2D eigenvalue weighted by Gasteiger charge is 2.15. The molecule has 0 heterocycles. The van der Waals surface area contributed by atoms with Crippen molar-refractivity contribution in [3.63, 3.8) is 0 Å². The molecule has 0 bridgehead atoms. The number of rotatable bonds is 2. The van der Waals surface area contributed by atoms with Gasteiger partial charge in [0.1, 0.15) is 0 Å². The summed E-state index contributed by atoms with van der Waals surface area (Å²) in [5.74, 6) is 0.0219. The van der Waals surface area contributed by atoms with Crippen molar-refractivity contribution in [3.05, 3.63) is 59.2 Å². The van der Waals surface area contributed by atoms with E-state index in [1.807, 2.05) is 32.0 Å². The Kier molecular flexibility index (Phi) is 3.33. The molecule has 0 fully saturated rings. The van der Waals surface area contributed by atoms with Crippen molar-refractivity contribution in [2.45, 2.75) is 13.8 Å². The van der Waals surface area contributed by atoms with Crippen molar-refractivity contribution >= 4 is 11.7 Å². The summed E-state index contributed by atoms with van der Waals surface area (Å²) < 4.78 is 5.33. The number of aryl methyl sites for hydroxylation is 2. The van der Waals surface area contributed by atoms with Gasteiger partial charge in [-0.05, 0) is 37.1 Å². The zero-order valence-electron chi connectivity index (χ0n) is 10.4. The first-order valence-electron chi connectivity index (χ1n) is 5.72. The molecule has 3 nitrogen and oxygen atoms in total. The third kappa shape index (κ3) is 2.35. The van der Waals surface area contributed by atoms with Gasteiger partial charge in [0.25, 0.3) is 0 Å². The molecule has 3 heteroatoms. The molecular weight excluding hydrogens is 226 g/mol. The van der Waals surface area contributed by atoms with Gasteiger partial charge in [-0.1, -0.05) is 30.3 Å². The van der Waals surface area contributed by atoms with Gasteiger partial charge in [0.2, 0.25) is 0 Å². The van der Waals surface area contributed by atoms with Gasteiger partial charge in [-0.15, -0.1) is 0 Å². The predicted molar refractivity (Wildman–Crippen MR) is 71.7 cm³/mol. The molecule has 0 radical (unpaired) electrons. The Hall–Kier alpha value is -2.29. The number of nitrogen functional groups attached to an aromatic ring is 1. The number of nitrogens with two attached hydrogens (primary N) is 1. The Morgan fingerprint density at radius 2 is 1.61 bits per heavy atom. The Morgan fingerprint density at radius 1 is 1.00 bits per heavy atom. The van der Waals surface area contributed by atoms with Crippen molar-refractivity contribution in [3.8, 4) is 5.75 Å². The monoisotopic (exact) mass is 241 g/mol. The van der Waals surface area contributed by atoms with Gasteiger partial charge < -0.3 is 10.5 Å². The van der Waals surface area contributed by atoms with Gasteiger partial charge in [0, 0.05) is 0 Å². The van der Waals surface area contributed by atoms with E-state index < -0.39 is 0 Å². The van der Waals surface area contributed by atoms with E-state index in [4.69, 9.17) is 10.5 Å². The van der Waals surface area contributed by atoms with Crippen LogP contribution in [0.4, 0.5) is 5.69 Å². The maximum absolute atomic E-state index is 12.1. The lowest BCUT2D eigenvalue weighted by Gasteiger charge is -2.10. The summed E-state index contributed by atoms with van der Waals surface area (Å²) in [5.41, 5.74) is 8.59. The summed E-state index contributed by atoms with van der Waals surface area (Å²) in [6, 6.07) is 12.7. The van der Waals surface area contributed by atoms with Crippen LogP contribution in [0.25, 0.3) is 0 Å².